The molecule has 6 heteroatoms. The van der Waals surface area contributed by atoms with Crippen molar-refractivity contribution in [2.75, 3.05) is 4.90 Å². The maximum atomic E-state index is 12.8. The van der Waals surface area contributed by atoms with E-state index in [9.17, 15) is 24.9 Å². The van der Waals surface area contributed by atoms with Crippen molar-refractivity contribution >= 4 is 17.4 Å². The molecule has 0 radical (unpaired) electrons. The van der Waals surface area contributed by atoms with Gasteiger partial charge in [0.15, 0.2) is 11.5 Å². The molecule has 6 nitrogen and oxygen atoms in total. The van der Waals surface area contributed by atoms with Gasteiger partial charge in [-0.15, -0.1) is 0 Å². The van der Waals surface area contributed by atoms with Crippen LogP contribution in [0.25, 0.3) is 0 Å². The van der Waals surface area contributed by atoms with Gasteiger partial charge in [-0.2, -0.15) is 0 Å². The first-order chi connectivity index (χ1) is 12.3. The van der Waals surface area contributed by atoms with Crippen LogP contribution in [0.15, 0.2) is 59.9 Å². The molecule has 1 aliphatic rings. The Labute approximate surface area is 150 Å². The van der Waals surface area contributed by atoms with Crippen molar-refractivity contribution in [3.63, 3.8) is 0 Å². The smallest absolute Gasteiger partial charge is 0.294 e. The highest BCUT2D eigenvalue weighted by Gasteiger charge is 2.45. The van der Waals surface area contributed by atoms with Gasteiger partial charge in [-0.1, -0.05) is 38.1 Å². The average Bonchev–Trinajstić information content (AvgIpc) is 2.86. The standard InChI is InChI=1S/C20H19NO5/c1-11(2)18(24)16-17(12-6-5-7-13(22)10-12)21(20(26)19(16)25)14-8-3-4-9-15(14)23/h3-11,17,22-23,25H,1-2H3. The summed E-state index contributed by atoms with van der Waals surface area (Å²) >= 11 is 0. The van der Waals surface area contributed by atoms with Crippen LogP contribution in [0.1, 0.15) is 25.5 Å². The number of carbonyl (C=O) groups is 2. The Hall–Kier alpha value is -3.28. The Balaban J connectivity index is 2.23. The number of benzene rings is 2. The number of hydrogen-bond acceptors (Lipinski definition) is 5. The number of hydrogen-bond donors (Lipinski definition) is 3. The Morgan fingerprint density at radius 3 is 2.35 bits per heavy atom. The highest BCUT2D eigenvalue weighted by Crippen LogP contribution is 2.44. The minimum absolute atomic E-state index is 0.0325. The molecule has 26 heavy (non-hydrogen) atoms. The summed E-state index contributed by atoms with van der Waals surface area (Å²) in [5, 5.41) is 30.5. The van der Waals surface area contributed by atoms with Crippen LogP contribution in [0.3, 0.4) is 0 Å². The molecule has 1 atom stereocenters. The lowest BCUT2D eigenvalue weighted by atomic mass is 9.91. The fourth-order valence-electron chi connectivity index (χ4n) is 3.09. The van der Waals surface area contributed by atoms with E-state index in [0.29, 0.717) is 5.56 Å². The number of Topliss-reactive ketones (excluding diaryl/α,β-unsaturated/α-hetero) is 1. The molecule has 0 bridgehead atoms. The van der Waals surface area contributed by atoms with Gasteiger partial charge in [-0.25, -0.2) is 0 Å². The Morgan fingerprint density at radius 1 is 1.04 bits per heavy atom. The molecule has 2 aromatic carbocycles. The third kappa shape index (κ3) is 2.79. The minimum Gasteiger partial charge on any atom is -0.508 e. The van der Waals surface area contributed by atoms with Gasteiger partial charge in [-0.3, -0.25) is 14.5 Å². The van der Waals surface area contributed by atoms with Gasteiger partial charge >= 0.3 is 0 Å². The predicted octanol–water partition coefficient (Wildman–Crippen LogP) is 3.22. The fourth-order valence-corrected chi connectivity index (χ4v) is 3.09. The van der Waals surface area contributed by atoms with Crippen LogP contribution < -0.4 is 4.90 Å². The second kappa shape index (κ2) is 6.55. The Kier molecular flexibility index (Phi) is 4.42. The zero-order chi connectivity index (χ0) is 19.0. The normalized spacial score (nSPS) is 17.3. The number of rotatable bonds is 4. The molecule has 3 rings (SSSR count). The number of aliphatic hydroxyl groups excluding tert-OH is 1. The SMILES string of the molecule is CC(C)C(=O)C1=C(O)C(=O)N(c2ccccc2O)C1c1cccc(O)c1. The second-order valence-corrected chi connectivity index (χ2v) is 6.44. The number of para-hydroxylation sites is 2. The first-order valence-electron chi connectivity index (χ1n) is 8.20. The summed E-state index contributed by atoms with van der Waals surface area (Å²) in [5.41, 5.74) is 0.581. The van der Waals surface area contributed by atoms with Crippen LogP contribution in [0.4, 0.5) is 5.69 Å². The Morgan fingerprint density at radius 2 is 1.73 bits per heavy atom. The monoisotopic (exact) mass is 353 g/mol. The second-order valence-electron chi connectivity index (χ2n) is 6.44. The van der Waals surface area contributed by atoms with E-state index in [2.05, 4.69) is 0 Å². The molecule has 0 saturated carbocycles. The van der Waals surface area contributed by atoms with Crippen molar-refractivity contribution in [2.45, 2.75) is 19.9 Å². The summed E-state index contributed by atoms with van der Waals surface area (Å²) in [6.07, 6.45) is 0. The number of carbonyl (C=O) groups excluding carboxylic acids is 2. The molecule has 1 amide bonds. The molecule has 3 N–H and O–H groups in total. The summed E-state index contributed by atoms with van der Waals surface area (Å²) in [6.45, 7) is 3.35. The highest BCUT2D eigenvalue weighted by atomic mass is 16.3. The molecule has 1 heterocycles. The number of ketones is 1. The molecule has 0 fully saturated rings. The van der Waals surface area contributed by atoms with Crippen LogP contribution in [-0.4, -0.2) is 27.0 Å². The molecule has 2 aromatic rings. The molecular weight excluding hydrogens is 334 g/mol. The Bertz CT molecular complexity index is 916. The van der Waals surface area contributed by atoms with E-state index in [-0.39, 0.29) is 28.5 Å². The number of anilines is 1. The molecule has 0 aliphatic carbocycles. The summed E-state index contributed by atoms with van der Waals surface area (Å²) in [4.78, 5) is 26.6. The van der Waals surface area contributed by atoms with Crippen LogP contribution >= 0.6 is 0 Å². The van der Waals surface area contributed by atoms with Crippen molar-refractivity contribution < 1.29 is 24.9 Å². The zero-order valence-electron chi connectivity index (χ0n) is 14.4. The van der Waals surface area contributed by atoms with Crippen LogP contribution in [-0.2, 0) is 9.59 Å². The number of aliphatic hydroxyl groups is 1. The third-order valence-corrected chi connectivity index (χ3v) is 4.33. The fraction of sp³-hybridized carbons (Fsp3) is 0.200. The lowest BCUT2D eigenvalue weighted by Gasteiger charge is -2.27. The number of phenolic OH excluding ortho intramolecular Hbond substituents is 2. The van der Waals surface area contributed by atoms with E-state index >= 15 is 0 Å². The van der Waals surface area contributed by atoms with Crippen molar-refractivity contribution in [3.8, 4) is 11.5 Å². The lowest BCUT2D eigenvalue weighted by molar-refractivity contribution is -0.119. The summed E-state index contributed by atoms with van der Waals surface area (Å²) in [5.74, 6) is -2.41. The number of aromatic hydroxyl groups is 2. The van der Waals surface area contributed by atoms with Crippen molar-refractivity contribution in [1.82, 2.24) is 0 Å². The van der Waals surface area contributed by atoms with E-state index in [4.69, 9.17) is 0 Å². The summed E-state index contributed by atoms with van der Waals surface area (Å²) in [6, 6.07) is 11.4. The van der Waals surface area contributed by atoms with E-state index < -0.39 is 23.6 Å². The van der Waals surface area contributed by atoms with Gasteiger partial charge in [0.2, 0.25) is 0 Å². The van der Waals surface area contributed by atoms with Crippen molar-refractivity contribution in [1.29, 1.82) is 0 Å². The first kappa shape index (κ1) is 17.5. The van der Waals surface area contributed by atoms with E-state index in [1.807, 2.05) is 0 Å². The number of nitrogens with zero attached hydrogens (tertiary/aromatic N) is 1. The first-order valence-corrected chi connectivity index (χ1v) is 8.20. The van der Waals surface area contributed by atoms with Gasteiger partial charge in [-0.05, 0) is 29.8 Å². The molecule has 0 aromatic heterocycles. The van der Waals surface area contributed by atoms with Crippen molar-refractivity contribution in [2.24, 2.45) is 5.92 Å². The molecule has 0 spiro atoms. The van der Waals surface area contributed by atoms with Gasteiger partial charge in [0.1, 0.15) is 11.5 Å². The third-order valence-electron chi connectivity index (χ3n) is 4.33. The topological polar surface area (TPSA) is 98.1 Å². The minimum atomic E-state index is -0.946. The van der Waals surface area contributed by atoms with E-state index in [0.717, 1.165) is 0 Å². The van der Waals surface area contributed by atoms with E-state index in [1.54, 1.807) is 38.1 Å². The van der Waals surface area contributed by atoms with Crippen LogP contribution in [0.5, 0.6) is 11.5 Å². The lowest BCUT2D eigenvalue weighted by Crippen LogP contribution is -2.31. The molecular formula is C20H19NO5. The molecule has 134 valence electrons. The molecule has 0 saturated heterocycles. The maximum Gasteiger partial charge on any atom is 0.294 e. The molecule has 1 unspecified atom stereocenters. The van der Waals surface area contributed by atoms with Gasteiger partial charge < -0.3 is 15.3 Å². The van der Waals surface area contributed by atoms with Gasteiger partial charge in [0, 0.05) is 5.92 Å². The highest BCUT2D eigenvalue weighted by molar-refractivity contribution is 6.17. The van der Waals surface area contributed by atoms with Gasteiger partial charge in [0.25, 0.3) is 5.91 Å². The number of amides is 1. The predicted molar refractivity (Wildman–Crippen MR) is 95.9 cm³/mol. The maximum absolute atomic E-state index is 12.8. The van der Waals surface area contributed by atoms with Crippen LogP contribution in [0, 0.1) is 5.92 Å². The van der Waals surface area contributed by atoms with Crippen molar-refractivity contribution in [3.05, 3.63) is 65.4 Å². The largest absolute Gasteiger partial charge is 0.508 e. The summed E-state index contributed by atoms with van der Waals surface area (Å²) < 4.78 is 0. The summed E-state index contributed by atoms with van der Waals surface area (Å²) in [7, 11) is 0. The van der Waals surface area contributed by atoms with Crippen LogP contribution in [0.2, 0.25) is 0 Å². The molecule has 1 aliphatic heterocycles. The quantitative estimate of drug-likeness (QED) is 0.784. The zero-order valence-corrected chi connectivity index (χ0v) is 14.4. The van der Waals surface area contributed by atoms with E-state index in [1.165, 1.54) is 29.2 Å². The average molecular weight is 353 g/mol. The number of phenols is 2. The van der Waals surface area contributed by atoms with Gasteiger partial charge in [0.05, 0.1) is 17.3 Å².